The minimum atomic E-state index is -0.333. The van der Waals surface area contributed by atoms with Gasteiger partial charge in [-0.3, -0.25) is 9.69 Å². The fraction of sp³-hybridized carbons (Fsp3) is 0.533. The van der Waals surface area contributed by atoms with E-state index in [1.165, 1.54) is 0 Å². The number of amides is 1. The maximum atomic E-state index is 12.2. The lowest BCUT2D eigenvalue weighted by Gasteiger charge is -2.37. The number of carbonyl (C=O) groups excluding carboxylic acids is 1. The molecule has 0 aromatic heterocycles. The monoisotopic (exact) mass is 262 g/mol. The number of hydrogen-bond donors (Lipinski definition) is 2. The number of benzene rings is 1. The highest BCUT2D eigenvalue weighted by Crippen LogP contribution is 2.19. The quantitative estimate of drug-likeness (QED) is 0.872. The van der Waals surface area contributed by atoms with Gasteiger partial charge >= 0.3 is 0 Å². The Morgan fingerprint density at radius 1 is 1.42 bits per heavy atom. The number of likely N-dealkylation sites (tertiary alicyclic amines) is 1. The summed E-state index contributed by atoms with van der Waals surface area (Å²) in [6.45, 7) is 5.38. The largest absolute Gasteiger partial charge is 0.392 e. The third-order valence-electron chi connectivity index (χ3n) is 3.92. The van der Waals surface area contributed by atoms with E-state index in [1.54, 1.807) is 0 Å². The number of aliphatic hydroxyl groups is 1. The van der Waals surface area contributed by atoms with E-state index < -0.39 is 0 Å². The molecule has 0 saturated carbocycles. The highest BCUT2D eigenvalue weighted by molar-refractivity contribution is 5.94. The van der Waals surface area contributed by atoms with Crippen LogP contribution >= 0.6 is 0 Å². The van der Waals surface area contributed by atoms with Crippen molar-refractivity contribution in [3.8, 4) is 0 Å². The Hall–Kier alpha value is -1.39. The molecule has 104 valence electrons. The van der Waals surface area contributed by atoms with Gasteiger partial charge in [0.25, 0.3) is 0 Å². The van der Waals surface area contributed by atoms with Crippen molar-refractivity contribution in [1.82, 2.24) is 4.90 Å². The van der Waals surface area contributed by atoms with Crippen LogP contribution in [0, 0.1) is 5.92 Å². The molecule has 1 fully saturated rings. The fourth-order valence-electron chi connectivity index (χ4n) is 2.36. The molecule has 2 rings (SSSR count). The molecule has 1 amide bonds. The summed E-state index contributed by atoms with van der Waals surface area (Å²) >= 11 is 0. The zero-order valence-electron chi connectivity index (χ0n) is 11.5. The SMILES string of the molecule is CC1CCN(C(C)C(=O)Nc2ccccc2)CC1O. The van der Waals surface area contributed by atoms with Crippen LogP contribution in [0.4, 0.5) is 5.69 Å². The van der Waals surface area contributed by atoms with Crippen molar-refractivity contribution in [2.45, 2.75) is 32.4 Å². The zero-order chi connectivity index (χ0) is 13.8. The van der Waals surface area contributed by atoms with Crippen molar-refractivity contribution < 1.29 is 9.90 Å². The summed E-state index contributed by atoms with van der Waals surface area (Å²) in [5, 5.41) is 12.8. The van der Waals surface area contributed by atoms with E-state index in [-0.39, 0.29) is 18.1 Å². The molecule has 1 aromatic carbocycles. The van der Waals surface area contributed by atoms with E-state index in [4.69, 9.17) is 0 Å². The number of nitrogens with zero attached hydrogens (tertiary/aromatic N) is 1. The summed E-state index contributed by atoms with van der Waals surface area (Å²) < 4.78 is 0. The molecule has 0 aliphatic carbocycles. The molecule has 0 bridgehead atoms. The molecule has 3 atom stereocenters. The summed E-state index contributed by atoms with van der Waals surface area (Å²) in [5.74, 6) is 0.300. The molecule has 3 unspecified atom stereocenters. The molecule has 0 radical (unpaired) electrons. The number of carbonyl (C=O) groups is 1. The average Bonchev–Trinajstić information content (AvgIpc) is 2.42. The Kier molecular flexibility index (Phi) is 4.56. The summed E-state index contributed by atoms with van der Waals surface area (Å²) in [7, 11) is 0. The Bertz CT molecular complexity index is 421. The van der Waals surface area contributed by atoms with Gasteiger partial charge in [0.05, 0.1) is 12.1 Å². The molecule has 2 N–H and O–H groups in total. The second-order valence-corrected chi connectivity index (χ2v) is 5.36. The molecule has 1 aliphatic rings. The zero-order valence-corrected chi connectivity index (χ0v) is 11.5. The van der Waals surface area contributed by atoms with Crippen molar-refractivity contribution in [2.75, 3.05) is 18.4 Å². The van der Waals surface area contributed by atoms with Crippen LogP contribution in [-0.2, 0) is 4.79 Å². The van der Waals surface area contributed by atoms with Gasteiger partial charge in [0.1, 0.15) is 0 Å². The lowest BCUT2D eigenvalue weighted by atomic mass is 9.95. The van der Waals surface area contributed by atoms with Gasteiger partial charge in [0.15, 0.2) is 0 Å². The van der Waals surface area contributed by atoms with E-state index in [0.29, 0.717) is 12.5 Å². The van der Waals surface area contributed by atoms with Crippen LogP contribution in [0.3, 0.4) is 0 Å². The van der Waals surface area contributed by atoms with Crippen molar-refractivity contribution >= 4 is 11.6 Å². The molecular weight excluding hydrogens is 240 g/mol. The normalized spacial score (nSPS) is 25.8. The number of rotatable bonds is 3. The Morgan fingerprint density at radius 2 is 2.11 bits per heavy atom. The van der Waals surface area contributed by atoms with E-state index in [1.807, 2.05) is 42.2 Å². The number of piperidine rings is 1. The number of anilines is 1. The third-order valence-corrected chi connectivity index (χ3v) is 3.92. The second-order valence-electron chi connectivity index (χ2n) is 5.36. The molecule has 4 heteroatoms. The lowest BCUT2D eigenvalue weighted by Crippen LogP contribution is -2.50. The van der Waals surface area contributed by atoms with Gasteiger partial charge in [-0.1, -0.05) is 25.1 Å². The van der Waals surface area contributed by atoms with Gasteiger partial charge in [-0.25, -0.2) is 0 Å². The van der Waals surface area contributed by atoms with Crippen LogP contribution < -0.4 is 5.32 Å². The highest BCUT2D eigenvalue weighted by atomic mass is 16.3. The predicted molar refractivity (Wildman–Crippen MR) is 75.9 cm³/mol. The summed E-state index contributed by atoms with van der Waals surface area (Å²) in [6, 6.07) is 9.23. The molecule has 1 saturated heterocycles. The van der Waals surface area contributed by atoms with Gasteiger partial charge in [0, 0.05) is 12.2 Å². The first kappa shape index (κ1) is 14.0. The summed E-state index contributed by atoms with van der Waals surface area (Å²) in [4.78, 5) is 14.2. The maximum absolute atomic E-state index is 12.2. The fourth-order valence-corrected chi connectivity index (χ4v) is 2.36. The van der Waals surface area contributed by atoms with Crippen molar-refractivity contribution in [1.29, 1.82) is 0 Å². The Labute approximate surface area is 114 Å². The molecule has 1 aliphatic heterocycles. The van der Waals surface area contributed by atoms with E-state index >= 15 is 0 Å². The molecule has 1 aromatic rings. The molecule has 1 heterocycles. The number of nitrogens with one attached hydrogen (secondary N) is 1. The van der Waals surface area contributed by atoms with Crippen LogP contribution in [-0.4, -0.2) is 41.1 Å². The number of aliphatic hydroxyl groups excluding tert-OH is 1. The number of β-amino-alcohol motifs (C(OH)–C–C–N with tert-alkyl or cyclic N) is 1. The van der Waals surface area contributed by atoms with Gasteiger partial charge in [-0.15, -0.1) is 0 Å². The standard InChI is InChI=1S/C15H22N2O2/c1-11-8-9-17(10-14(11)18)12(2)15(19)16-13-6-4-3-5-7-13/h3-7,11-12,14,18H,8-10H2,1-2H3,(H,16,19). The van der Waals surface area contributed by atoms with Crippen molar-refractivity contribution in [2.24, 2.45) is 5.92 Å². The highest BCUT2D eigenvalue weighted by Gasteiger charge is 2.29. The number of hydrogen-bond acceptors (Lipinski definition) is 3. The van der Waals surface area contributed by atoms with Gasteiger partial charge in [-0.2, -0.15) is 0 Å². The number of para-hydroxylation sites is 1. The van der Waals surface area contributed by atoms with E-state index in [0.717, 1.165) is 18.7 Å². The molecule has 0 spiro atoms. The van der Waals surface area contributed by atoms with Gasteiger partial charge in [-0.05, 0) is 37.9 Å². The Balaban J connectivity index is 1.92. The topological polar surface area (TPSA) is 52.6 Å². The van der Waals surface area contributed by atoms with Gasteiger partial charge in [0.2, 0.25) is 5.91 Å². The summed E-state index contributed by atoms with van der Waals surface area (Å²) in [5.41, 5.74) is 0.810. The molecule has 4 nitrogen and oxygen atoms in total. The Morgan fingerprint density at radius 3 is 2.74 bits per heavy atom. The first-order valence-corrected chi connectivity index (χ1v) is 6.86. The van der Waals surface area contributed by atoms with Crippen LogP contribution in [0.1, 0.15) is 20.3 Å². The van der Waals surface area contributed by atoms with Gasteiger partial charge < -0.3 is 10.4 Å². The molecular formula is C15H22N2O2. The lowest BCUT2D eigenvalue weighted by molar-refractivity contribution is -0.122. The maximum Gasteiger partial charge on any atom is 0.241 e. The smallest absolute Gasteiger partial charge is 0.241 e. The average molecular weight is 262 g/mol. The van der Waals surface area contributed by atoms with Crippen LogP contribution in [0.5, 0.6) is 0 Å². The van der Waals surface area contributed by atoms with Crippen LogP contribution in [0.2, 0.25) is 0 Å². The third kappa shape index (κ3) is 3.55. The van der Waals surface area contributed by atoms with Crippen molar-refractivity contribution in [3.05, 3.63) is 30.3 Å². The van der Waals surface area contributed by atoms with Crippen LogP contribution in [0.15, 0.2) is 30.3 Å². The van der Waals surface area contributed by atoms with E-state index in [2.05, 4.69) is 12.2 Å². The minimum absolute atomic E-state index is 0.0204. The first-order valence-electron chi connectivity index (χ1n) is 6.86. The van der Waals surface area contributed by atoms with E-state index in [9.17, 15) is 9.90 Å². The minimum Gasteiger partial charge on any atom is -0.392 e. The summed E-state index contributed by atoms with van der Waals surface area (Å²) in [6.07, 6.45) is 0.602. The predicted octanol–water partition coefficient (Wildman–Crippen LogP) is 1.72. The van der Waals surface area contributed by atoms with Crippen molar-refractivity contribution in [3.63, 3.8) is 0 Å². The second kappa shape index (κ2) is 6.17. The van der Waals surface area contributed by atoms with Crippen LogP contribution in [0.25, 0.3) is 0 Å². The first-order chi connectivity index (χ1) is 9.08. The molecule has 19 heavy (non-hydrogen) atoms.